The highest BCUT2D eigenvalue weighted by atomic mass is 19.1. The number of hydrogen-bond donors (Lipinski definition) is 1. The number of imidazole rings is 1. The van der Waals surface area contributed by atoms with E-state index in [0.29, 0.717) is 18.7 Å². The molecule has 1 heterocycles. The molecule has 3 nitrogen and oxygen atoms in total. The molecule has 0 aliphatic carbocycles. The lowest BCUT2D eigenvalue weighted by Crippen LogP contribution is -2.16. The van der Waals surface area contributed by atoms with E-state index in [-0.39, 0.29) is 5.82 Å². The van der Waals surface area contributed by atoms with Crippen LogP contribution in [0.15, 0.2) is 36.8 Å². The maximum Gasteiger partial charge on any atom is 0.127 e. The Bertz CT molecular complexity index is 479. The van der Waals surface area contributed by atoms with Gasteiger partial charge in [0.25, 0.3) is 0 Å². The summed E-state index contributed by atoms with van der Waals surface area (Å²) in [6, 6.07) is 6.81. The molecule has 17 heavy (non-hydrogen) atoms. The minimum absolute atomic E-state index is 0.163. The summed E-state index contributed by atoms with van der Waals surface area (Å²) < 4.78 is 15.4. The molecule has 90 valence electrons. The monoisotopic (exact) mass is 233 g/mol. The Hall–Kier alpha value is -1.68. The van der Waals surface area contributed by atoms with Crippen LogP contribution in [0, 0.1) is 5.82 Å². The fourth-order valence-electron chi connectivity index (χ4n) is 1.75. The van der Waals surface area contributed by atoms with Gasteiger partial charge in [0, 0.05) is 31.4 Å². The van der Waals surface area contributed by atoms with Crippen LogP contribution in [0.2, 0.25) is 0 Å². The van der Waals surface area contributed by atoms with Crippen molar-refractivity contribution in [2.75, 3.05) is 0 Å². The SMILES string of the molecule is CCn1cncc1CNCc1ccccc1F. The molecule has 0 saturated heterocycles. The van der Waals surface area contributed by atoms with Gasteiger partial charge in [0.05, 0.1) is 12.0 Å². The van der Waals surface area contributed by atoms with Gasteiger partial charge in [-0.05, 0) is 13.0 Å². The number of hydrogen-bond acceptors (Lipinski definition) is 2. The van der Waals surface area contributed by atoms with E-state index in [2.05, 4.69) is 21.8 Å². The Balaban J connectivity index is 1.90. The van der Waals surface area contributed by atoms with Crippen molar-refractivity contribution in [3.05, 3.63) is 53.9 Å². The molecule has 1 aromatic carbocycles. The molecule has 1 N–H and O–H groups in total. The van der Waals surface area contributed by atoms with Crippen LogP contribution in [0.3, 0.4) is 0 Å². The van der Waals surface area contributed by atoms with Crippen LogP contribution in [-0.4, -0.2) is 9.55 Å². The van der Waals surface area contributed by atoms with E-state index >= 15 is 0 Å². The molecule has 0 radical (unpaired) electrons. The summed E-state index contributed by atoms with van der Waals surface area (Å²) in [6.45, 7) is 4.20. The third-order valence-electron chi connectivity index (χ3n) is 2.72. The van der Waals surface area contributed by atoms with Gasteiger partial charge >= 0.3 is 0 Å². The third kappa shape index (κ3) is 2.91. The van der Waals surface area contributed by atoms with E-state index in [4.69, 9.17) is 0 Å². The molecular formula is C13H16FN3. The van der Waals surface area contributed by atoms with Crippen LogP contribution in [0.25, 0.3) is 0 Å². The molecule has 4 heteroatoms. The number of rotatable bonds is 5. The fraction of sp³-hybridized carbons (Fsp3) is 0.308. The van der Waals surface area contributed by atoms with Gasteiger partial charge in [0.15, 0.2) is 0 Å². The molecule has 0 bridgehead atoms. The number of aryl methyl sites for hydroxylation is 1. The van der Waals surface area contributed by atoms with Crippen molar-refractivity contribution in [3.63, 3.8) is 0 Å². The summed E-state index contributed by atoms with van der Waals surface area (Å²) >= 11 is 0. The highest BCUT2D eigenvalue weighted by molar-refractivity contribution is 5.17. The minimum Gasteiger partial charge on any atom is -0.334 e. The van der Waals surface area contributed by atoms with Gasteiger partial charge in [-0.25, -0.2) is 9.37 Å². The smallest absolute Gasteiger partial charge is 0.127 e. The van der Waals surface area contributed by atoms with Crippen LogP contribution < -0.4 is 5.32 Å². The molecule has 1 aromatic heterocycles. The lowest BCUT2D eigenvalue weighted by atomic mass is 10.2. The predicted octanol–water partition coefficient (Wildman–Crippen LogP) is 2.33. The molecule has 0 fully saturated rings. The van der Waals surface area contributed by atoms with Gasteiger partial charge in [-0.3, -0.25) is 0 Å². The van der Waals surface area contributed by atoms with E-state index in [9.17, 15) is 4.39 Å². The van der Waals surface area contributed by atoms with Gasteiger partial charge in [-0.2, -0.15) is 0 Å². The zero-order valence-corrected chi connectivity index (χ0v) is 9.86. The van der Waals surface area contributed by atoms with Gasteiger partial charge < -0.3 is 9.88 Å². The first kappa shape index (κ1) is 11.8. The van der Waals surface area contributed by atoms with Crippen LogP contribution >= 0.6 is 0 Å². The normalized spacial score (nSPS) is 10.7. The summed E-state index contributed by atoms with van der Waals surface area (Å²) in [5.41, 5.74) is 1.80. The summed E-state index contributed by atoms with van der Waals surface area (Å²) in [5, 5.41) is 3.22. The van der Waals surface area contributed by atoms with Gasteiger partial charge in [-0.1, -0.05) is 18.2 Å². The number of benzene rings is 1. The Labute approximate surface area is 100 Å². The van der Waals surface area contributed by atoms with Crippen LogP contribution in [0.1, 0.15) is 18.2 Å². The van der Waals surface area contributed by atoms with E-state index in [1.165, 1.54) is 6.07 Å². The molecule has 0 aliphatic rings. The quantitative estimate of drug-likeness (QED) is 0.859. The number of nitrogens with zero attached hydrogens (tertiary/aromatic N) is 2. The Morgan fingerprint density at radius 2 is 2.12 bits per heavy atom. The Morgan fingerprint density at radius 3 is 2.88 bits per heavy atom. The average molecular weight is 233 g/mol. The fourth-order valence-corrected chi connectivity index (χ4v) is 1.75. The molecule has 0 saturated carbocycles. The lowest BCUT2D eigenvalue weighted by Gasteiger charge is -2.07. The highest BCUT2D eigenvalue weighted by Crippen LogP contribution is 2.06. The first-order valence-electron chi connectivity index (χ1n) is 5.74. The average Bonchev–Trinajstić information content (AvgIpc) is 2.79. The number of nitrogens with one attached hydrogen (secondary N) is 1. The van der Waals surface area contributed by atoms with Crippen molar-refractivity contribution in [2.45, 2.75) is 26.6 Å². The second-order valence-corrected chi connectivity index (χ2v) is 3.87. The van der Waals surface area contributed by atoms with Gasteiger partial charge in [0.2, 0.25) is 0 Å². The number of halogens is 1. The van der Waals surface area contributed by atoms with Gasteiger partial charge in [0.1, 0.15) is 5.82 Å². The van der Waals surface area contributed by atoms with Crippen molar-refractivity contribution >= 4 is 0 Å². The molecule has 0 aliphatic heterocycles. The maximum absolute atomic E-state index is 13.3. The van der Waals surface area contributed by atoms with Crippen molar-refractivity contribution in [3.8, 4) is 0 Å². The van der Waals surface area contributed by atoms with Crippen LogP contribution in [-0.2, 0) is 19.6 Å². The van der Waals surface area contributed by atoms with E-state index < -0.39 is 0 Å². The van der Waals surface area contributed by atoms with Crippen molar-refractivity contribution < 1.29 is 4.39 Å². The first-order chi connectivity index (χ1) is 8.31. The zero-order valence-electron chi connectivity index (χ0n) is 9.86. The second-order valence-electron chi connectivity index (χ2n) is 3.87. The third-order valence-corrected chi connectivity index (χ3v) is 2.72. The summed E-state index contributed by atoms with van der Waals surface area (Å²) in [4.78, 5) is 4.09. The lowest BCUT2D eigenvalue weighted by molar-refractivity contribution is 0.577. The standard InChI is InChI=1S/C13H16FN3/c1-2-17-10-16-9-12(17)8-15-7-11-5-3-4-6-13(11)14/h3-6,9-10,15H,2,7-8H2,1H3. The van der Waals surface area contributed by atoms with Crippen LogP contribution in [0.5, 0.6) is 0 Å². The molecule has 0 spiro atoms. The molecule has 2 aromatic rings. The largest absolute Gasteiger partial charge is 0.334 e. The topological polar surface area (TPSA) is 29.9 Å². The molecule has 0 amide bonds. The summed E-state index contributed by atoms with van der Waals surface area (Å²) in [5.74, 6) is -0.163. The van der Waals surface area contributed by atoms with E-state index in [1.54, 1.807) is 18.5 Å². The molecule has 2 rings (SSSR count). The van der Waals surface area contributed by atoms with E-state index in [0.717, 1.165) is 12.2 Å². The highest BCUT2D eigenvalue weighted by Gasteiger charge is 2.02. The van der Waals surface area contributed by atoms with E-state index in [1.807, 2.05) is 12.3 Å². The Kier molecular flexibility index (Phi) is 3.88. The maximum atomic E-state index is 13.3. The Morgan fingerprint density at radius 1 is 1.29 bits per heavy atom. The molecule has 0 atom stereocenters. The number of aromatic nitrogens is 2. The second kappa shape index (κ2) is 5.59. The molecule has 0 unspecified atom stereocenters. The molecular weight excluding hydrogens is 217 g/mol. The van der Waals surface area contributed by atoms with Crippen LogP contribution in [0.4, 0.5) is 4.39 Å². The predicted molar refractivity (Wildman–Crippen MR) is 64.8 cm³/mol. The minimum atomic E-state index is -0.163. The van der Waals surface area contributed by atoms with Crippen molar-refractivity contribution in [1.29, 1.82) is 0 Å². The first-order valence-corrected chi connectivity index (χ1v) is 5.74. The summed E-state index contributed by atoms with van der Waals surface area (Å²) in [7, 11) is 0. The zero-order chi connectivity index (χ0) is 12.1. The van der Waals surface area contributed by atoms with Crippen molar-refractivity contribution in [1.82, 2.24) is 14.9 Å². The van der Waals surface area contributed by atoms with Crippen molar-refractivity contribution in [2.24, 2.45) is 0 Å². The van der Waals surface area contributed by atoms with Gasteiger partial charge in [-0.15, -0.1) is 0 Å². The summed E-state index contributed by atoms with van der Waals surface area (Å²) in [6.07, 6.45) is 3.64.